The molecule has 2 heterocycles. The Morgan fingerprint density at radius 3 is 2.95 bits per heavy atom. The van der Waals surface area contributed by atoms with Crippen LogP contribution in [0.2, 0.25) is 0 Å². The number of carbonyl (C=O) groups excluding carboxylic acids is 1. The fraction of sp³-hybridized carbons (Fsp3) is 0.357. The summed E-state index contributed by atoms with van der Waals surface area (Å²) in [5.74, 6) is -0.00537. The maximum Gasteiger partial charge on any atom is 0.266 e. The standard InChI is InChI=1S/C14H16N2O2S/c1-16(9-6-7-18-8-9)14(17)13-12(15)10-4-2-3-5-11(10)19-13/h2-5,9H,6-8,15H2,1H3. The number of carbonyl (C=O) groups is 1. The van der Waals surface area contributed by atoms with E-state index in [4.69, 9.17) is 10.5 Å². The third kappa shape index (κ3) is 2.09. The summed E-state index contributed by atoms with van der Waals surface area (Å²) in [6, 6.07) is 8.01. The molecule has 0 bridgehead atoms. The van der Waals surface area contributed by atoms with E-state index in [-0.39, 0.29) is 11.9 Å². The van der Waals surface area contributed by atoms with E-state index in [9.17, 15) is 4.79 Å². The number of anilines is 1. The Bertz CT molecular complexity index is 617. The van der Waals surface area contributed by atoms with E-state index in [0.717, 1.165) is 23.1 Å². The number of nitrogen functional groups attached to an aromatic ring is 1. The van der Waals surface area contributed by atoms with E-state index in [0.29, 0.717) is 17.2 Å². The van der Waals surface area contributed by atoms with Crippen LogP contribution in [0.5, 0.6) is 0 Å². The van der Waals surface area contributed by atoms with Crippen LogP contribution >= 0.6 is 11.3 Å². The number of amides is 1. The summed E-state index contributed by atoms with van der Waals surface area (Å²) >= 11 is 1.46. The summed E-state index contributed by atoms with van der Waals surface area (Å²) in [5.41, 5.74) is 6.70. The van der Waals surface area contributed by atoms with Gasteiger partial charge in [0.15, 0.2) is 0 Å². The Hall–Kier alpha value is -1.59. The van der Waals surface area contributed by atoms with Crippen molar-refractivity contribution in [2.24, 2.45) is 0 Å². The van der Waals surface area contributed by atoms with Crippen molar-refractivity contribution in [2.75, 3.05) is 26.0 Å². The maximum absolute atomic E-state index is 12.5. The molecule has 100 valence electrons. The number of thiophene rings is 1. The number of nitrogens with two attached hydrogens (primary N) is 1. The number of rotatable bonds is 2. The number of benzene rings is 1. The zero-order chi connectivity index (χ0) is 13.4. The van der Waals surface area contributed by atoms with Crippen LogP contribution in [0, 0.1) is 0 Å². The maximum atomic E-state index is 12.5. The van der Waals surface area contributed by atoms with Gasteiger partial charge in [-0.05, 0) is 12.5 Å². The van der Waals surface area contributed by atoms with Gasteiger partial charge in [0.05, 0.1) is 18.3 Å². The van der Waals surface area contributed by atoms with Crippen molar-refractivity contribution < 1.29 is 9.53 Å². The summed E-state index contributed by atoms with van der Waals surface area (Å²) in [5, 5.41) is 0.965. The monoisotopic (exact) mass is 276 g/mol. The van der Waals surface area contributed by atoms with Crippen molar-refractivity contribution in [1.82, 2.24) is 4.90 Å². The van der Waals surface area contributed by atoms with Crippen LogP contribution in [-0.4, -0.2) is 37.1 Å². The van der Waals surface area contributed by atoms with E-state index in [1.54, 1.807) is 4.90 Å². The molecule has 1 aromatic carbocycles. The number of nitrogens with zero attached hydrogens (tertiary/aromatic N) is 1. The van der Waals surface area contributed by atoms with Gasteiger partial charge >= 0.3 is 0 Å². The molecule has 1 aliphatic rings. The first-order chi connectivity index (χ1) is 9.18. The molecule has 0 spiro atoms. The molecule has 1 unspecified atom stereocenters. The van der Waals surface area contributed by atoms with E-state index >= 15 is 0 Å². The molecule has 19 heavy (non-hydrogen) atoms. The molecular formula is C14H16N2O2S. The fourth-order valence-electron chi connectivity index (χ4n) is 2.38. The van der Waals surface area contributed by atoms with Gasteiger partial charge < -0.3 is 15.4 Å². The molecule has 5 heteroatoms. The van der Waals surface area contributed by atoms with Crippen molar-refractivity contribution in [2.45, 2.75) is 12.5 Å². The highest BCUT2D eigenvalue weighted by Crippen LogP contribution is 2.34. The largest absolute Gasteiger partial charge is 0.397 e. The van der Waals surface area contributed by atoms with Gasteiger partial charge in [0.25, 0.3) is 5.91 Å². The van der Waals surface area contributed by atoms with Gasteiger partial charge in [-0.2, -0.15) is 0 Å². The smallest absolute Gasteiger partial charge is 0.266 e. The zero-order valence-electron chi connectivity index (χ0n) is 10.8. The highest BCUT2D eigenvalue weighted by molar-refractivity contribution is 7.21. The molecule has 3 rings (SSSR count). The molecule has 1 fully saturated rings. The quantitative estimate of drug-likeness (QED) is 0.916. The Labute approximate surface area is 115 Å². The number of fused-ring (bicyclic) bond motifs is 1. The van der Waals surface area contributed by atoms with E-state index in [2.05, 4.69) is 0 Å². The lowest BCUT2D eigenvalue weighted by Crippen LogP contribution is -2.37. The lowest BCUT2D eigenvalue weighted by Gasteiger charge is -2.22. The minimum atomic E-state index is -0.00537. The molecule has 1 saturated heterocycles. The van der Waals surface area contributed by atoms with E-state index < -0.39 is 0 Å². The first-order valence-corrected chi connectivity index (χ1v) is 7.12. The van der Waals surface area contributed by atoms with Gasteiger partial charge in [-0.15, -0.1) is 11.3 Å². The summed E-state index contributed by atoms with van der Waals surface area (Å²) in [6.45, 7) is 1.34. The van der Waals surface area contributed by atoms with Crippen LogP contribution in [0.15, 0.2) is 24.3 Å². The molecule has 1 aliphatic heterocycles. The minimum absolute atomic E-state index is 0.00537. The Morgan fingerprint density at radius 1 is 1.47 bits per heavy atom. The van der Waals surface area contributed by atoms with Crippen molar-refractivity contribution in [1.29, 1.82) is 0 Å². The number of ether oxygens (including phenoxy) is 1. The van der Waals surface area contributed by atoms with E-state index in [1.165, 1.54) is 11.3 Å². The predicted molar refractivity (Wildman–Crippen MR) is 77.6 cm³/mol. The van der Waals surface area contributed by atoms with Crippen LogP contribution in [-0.2, 0) is 4.74 Å². The second-order valence-electron chi connectivity index (χ2n) is 4.77. The number of hydrogen-bond donors (Lipinski definition) is 1. The van der Waals surface area contributed by atoms with Gasteiger partial charge in [-0.3, -0.25) is 4.79 Å². The number of likely N-dealkylation sites (N-methyl/N-ethyl adjacent to an activating group) is 1. The lowest BCUT2D eigenvalue weighted by molar-refractivity contribution is 0.0717. The summed E-state index contributed by atoms with van der Waals surface area (Å²) in [6.07, 6.45) is 0.896. The van der Waals surface area contributed by atoms with Crippen LogP contribution in [0.4, 0.5) is 5.69 Å². The van der Waals surface area contributed by atoms with Crippen molar-refractivity contribution in [3.8, 4) is 0 Å². The third-order valence-electron chi connectivity index (χ3n) is 3.60. The predicted octanol–water partition coefficient (Wildman–Crippen LogP) is 2.34. The van der Waals surface area contributed by atoms with Gasteiger partial charge in [0.2, 0.25) is 0 Å². The Kier molecular flexibility index (Phi) is 3.16. The van der Waals surface area contributed by atoms with Crippen LogP contribution < -0.4 is 5.73 Å². The van der Waals surface area contributed by atoms with Crippen LogP contribution in [0.1, 0.15) is 16.1 Å². The molecule has 2 N–H and O–H groups in total. The lowest BCUT2D eigenvalue weighted by atomic mass is 10.2. The first kappa shape index (κ1) is 12.4. The molecule has 1 atom stereocenters. The van der Waals surface area contributed by atoms with Crippen molar-refractivity contribution >= 4 is 33.0 Å². The third-order valence-corrected chi connectivity index (χ3v) is 4.78. The molecular weight excluding hydrogens is 260 g/mol. The first-order valence-electron chi connectivity index (χ1n) is 6.30. The molecule has 0 aliphatic carbocycles. The normalized spacial score (nSPS) is 18.9. The SMILES string of the molecule is CN(C(=O)c1sc2ccccc2c1N)C1CCOC1. The van der Waals surface area contributed by atoms with Crippen molar-refractivity contribution in [3.05, 3.63) is 29.1 Å². The average molecular weight is 276 g/mol. The summed E-state index contributed by atoms with van der Waals surface area (Å²) in [7, 11) is 1.82. The number of hydrogen-bond acceptors (Lipinski definition) is 4. The highest BCUT2D eigenvalue weighted by Gasteiger charge is 2.27. The fourth-order valence-corrected chi connectivity index (χ4v) is 3.48. The van der Waals surface area contributed by atoms with Gasteiger partial charge in [-0.25, -0.2) is 0 Å². The second kappa shape index (κ2) is 4.83. The minimum Gasteiger partial charge on any atom is -0.397 e. The Balaban J connectivity index is 1.94. The molecule has 0 radical (unpaired) electrons. The van der Waals surface area contributed by atoms with Gasteiger partial charge in [0.1, 0.15) is 4.88 Å². The van der Waals surface area contributed by atoms with Crippen LogP contribution in [0.25, 0.3) is 10.1 Å². The van der Waals surface area contributed by atoms with E-state index in [1.807, 2.05) is 31.3 Å². The highest BCUT2D eigenvalue weighted by atomic mass is 32.1. The molecule has 2 aromatic rings. The average Bonchev–Trinajstić information content (AvgIpc) is 3.06. The van der Waals surface area contributed by atoms with Crippen LogP contribution in [0.3, 0.4) is 0 Å². The molecule has 1 aromatic heterocycles. The van der Waals surface area contributed by atoms with Gasteiger partial charge in [-0.1, -0.05) is 18.2 Å². The van der Waals surface area contributed by atoms with Crippen molar-refractivity contribution in [3.63, 3.8) is 0 Å². The summed E-state index contributed by atoms with van der Waals surface area (Å²) in [4.78, 5) is 14.9. The summed E-state index contributed by atoms with van der Waals surface area (Å²) < 4.78 is 6.39. The topological polar surface area (TPSA) is 55.6 Å². The molecule has 1 amide bonds. The molecule has 0 saturated carbocycles. The van der Waals surface area contributed by atoms with Gasteiger partial charge in [0, 0.05) is 23.7 Å². The second-order valence-corrected chi connectivity index (χ2v) is 5.83. The zero-order valence-corrected chi connectivity index (χ0v) is 11.6. The Morgan fingerprint density at radius 2 is 2.26 bits per heavy atom. The molecule has 4 nitrogen and oxygen atoms in total.